The van der Waals surface area contributed by atoms with E-state index in [-0.39, 0.29) is 12.1 Å². The van der Waals surface area contributed by atoms with Crippen LogP contribution in [0.1, 0.15) is 18.5 Å². The van der Waals surface area contributed by atoms with Gasteiger partial charge in [0.2, 0.25) is 0 Å². The standard InChI is InChI=1S/C11H16ClNO/c1-8(14-3)11(13-2)9-6-4-5-7-10(9)12/h4-8,11,13H,1-3H3. The lowest BCUT2D eigenvalue weighted by molar-refractivity contribution is 0.0857. The largest absolute Gasteiger partial charge is 0.380 e. The molecular formula is C11H16ClNO. The van der Waals surface area contributed by atoms with Crippen molar-refractivity contribution in [2.45, 2.75) is 19.1 Å². The van der Waals surface area contributed by atoms with Crippen molar-refractivity contribution in [2.24, 2.45) is 0 Å². The molecule has 1 aromatic carbocycles. The van der Waals surface area contributed by atoms with Gasteiger partial charge < -0.3 is 10.1 Å². The fourth-order valence-electron chi connectivity index (χ4n) is 1.51. The van der Waals surface area contributed by atoms with E-state index in [1.54, 1.807) is 7.11 Å². The highest BCUT2D eigenvalue weighted by atomic mass is 35.5. The first-order valence-corrected chi connectivity index (χ1v) is 5.03. The van der Waals surface area contributed by atoms with E-state index in [0.29, 0.717) is 0 Å². The molecule has 0 aromatic heterocycles. The summed E-state index contributed by atoms with van der Waals surface area (Å²) in [5.41, 5.74) is 1.08. The van der Waals surface area contributed by atoms with Gasteiger partial charge in [0.15, 0.2) is 0 Å². The summed E-state index contributed by atoms with van der Waals surface area (Å²) in [6, 6.07) is 7.95. The van der Waals surface area contributed by atoms with E-state index >= 15 is 0 Å². The van der Waals surface area contributed by atoms with Gasteiger partial charge >= 0.3 is 0 Å². The highest BCUT2D eigenvalue weighted by Crippen LogP contribution is 2.25. The maximum atomic E-state index is 6.10. The van der Waals surface area contributed by atoms with Gasteiger partial charge in [-0.05, 0) is 25.6 Å². The van der Waals surface area contributed by atoms with E-state index in [9.17, 15) is 0 Å². The lowest BCUT2D eigenvalue weighted by Crippen LogP contribution is -2.28. The minimum atomic E-state index is 0.0971. The Morgan fingerprint density at radius 2 is 2.00 bits per heavy atom. The van der Waals surface area contributed by atoms with Crippen molar-refractivity contribution in [1.82, 2.24) is 5.32 Å². The highest BCUT2D eigenvalue weighted by molar-refractivity contribution is 6.31. The third kappa shape index (κ3) is 2.47. The molecule has 3 heteroatoms. The molecule has 1 aromatic rings. The van der Waals surface area contributed by atoms with Crippen molar-refractivity contribution in [3.8, 4) is 0 Å². The fourth-order valence-corrected chi connectivity index (χ4v) is 1.76. The normalized spacial score (nSPS) is 15.1. The summed E-state index contributed by atoms with van der Waals surface area (Å²) < 4.78 is 5.29. The van der Waals surface area contributed by atoms with Gasteiger partial charge in [-0.3, -0.25) is 0 Å². The zero-order chi connectivity index (χ0) is 10.6. The van der Waals surface area contributed by atoms with E-state index < -0.39 is 0 Å². The number of benzene rings is 1. The van der Waals surface area contributed by atoms with Crippen LogP contribution >= 0.6 is 11.6 Å². The van der Waals surface area contributed by atoms with Gasteiger partial charge in [-0.2, -0.15) is 0 Å². The lowest BCUT2D eigenvalue weighted by atomic mass is 10.0. The lowest BCUT2D eigenvalue weighted by Gasteiger charge is -2.23. The molecule has 0 saturated heterocycles. The van der Waals surface area contributed by atoms with E-state index in [1.807, 2.05) is 38.2 Å². The zero-order valence-electron chi connectivity index (χ0n) is 8.75. The van der Waals surface area contributed by atoms with Crippen LogP contribution < -0.4 is 5.32 Å². The SMILES string of the molecule is CNC(c1ccccc1Cl)C(C)OC. The summed E-state index contributed by atoms with van der Waals surface area (Å²) in [5, 5.41) is 3.97. The number of hydrogen-bond donors (Lipinski definition) is 1. The van der Waals surface area contributed by atoms with Crippen LogP contribution in [-0.4, -0.2) is 20.3 Å². The van der Waals surface area contributed by atoms with Crippen LogP contribution in [0.2, 0.25) is 5.02 Å². The number of rotatable bonds is 4. The molecule has 1 rings (SSSR count). The molecular weight excluding hydrogens is 198 g/mol. The fraction of sp³-hybridized carbons (Fsp3) is 0.455. The molecule has 0 fully saturated rings. The molecule has 78 valence electrons. The predicted molar refractivity (Wildman–Crippen MR) is 59.7 cm³/mol. The van der Waals surface area contributed by atoms with Gasteiger partial charge in [0.05, 0.1) is 12.1 Å². The third-order valence-corrected chi connectivity index (χ3v) is 2.74. The van der Waals surface area contributed by atoms with Crippen molar-refractivity contribution in [3.63, 3.8) is 0 Å². The first-order valence-electron chi connectivity index (χ1n) is 4.65. The van der Waals surface area contributed by atoms with Crippen LogP contribution in [0.3, 0.4) is 0 Å². The first-order chi connectivity index (χ1) is 6.70. The van der Waals surface area contributed by atoms with Crippen LogP contribution in [0.5, 0.6) is 0 Å². The molecule has 0 bridgehead atoms. The molecule has 2 unspecified atom stereocenters. The molecule has 2 nitrogen and oxygen atoms in total. The van der Waals surface area contributed by atoms with E-state index in [1.165, 1.54) is 0 Å². The van der Waals surface area contributed by atoms with Gasteiger partial charge in [-0.15, -0.1) is 0 Å². The van der Waals surface area contributed by atoms with Gasteiger partial charge in [0, 0.05) is 12.1 Å². The number of ether oxygens (including phenoxy) is 1. The van der Waals surface area contributed by atoms with E-state index in [0.717, 1.165) is 10.6 Å². The highest BCUT2D eigenvalue weighted by Gasteiger charge is 2.18. The van der Waals surface area contributed by atoms with Crippen molar-refractivity contribution in [1.29, 1.82) is 0 Å². The van der Waals surface area contributed by atoms with Gasteiger partial charge in [0.1, 0.15) is 0 Å². The Morgan fingerprint density at radius 1 is 1.36 bits per heavy atom. The number of nitrogens with one attached hydrogen (secondary N) is 1. The second-order valence-corrected chi connectivity index (χ2v) is 3.64. The Labute approximate surface area is 90.2 Å². The summed E-state index contributed by atoms with van der Waals surface area (Å²) >= 11 is 6.10. The molecule has 1 N–H and O–H groups in total. The van der Waals surface area contributed by atoms with Crippen molar-refractivity contribution in [2.75, 3.05) is 14.2 Å². The molecule has 14 heavy (non-hydrogen) atoms. The number of halogens is 1. The average Bonchev–Trinajstić information content (AvgIpc) is 2.21. The summed E-state index contributed by atoms with van der Waals surface area (Å²) in [7, 11) is 3.61. The second kappa shape index (κ2) is 5.35. The smallest absolute Gasteiger partial charge is 0.0738 e. The zero-order valence-corrected chi connectivity index (χ0v) is 9.51. The monoisotopic (exact) mass is 213 g/mol. The number of methoxy groups -OCH3 is 1. The second-order valence-electron chi connectivity index (χ2n) is 3.23. The van der Waals surface area contributed by atoms with Crippen LogP contribution in [0, 0.1) is 0 Å². The summed E-state index contributed by atoms with van der Waals surface area (Å²) in [4.78, 5) is 0. The Hall–Kier alpha value is -0.570. The summed E-state index contributed by atoms with van der Waals surface area (Å²) in [6.45, 7) is 2.02. The maximum Gasteiger partial charge on any atom is 0.0738 e. The minimum absolute atomic E-state index is 0.0971. The topological polar surface area (TPSA) is 21.3 Å². The third-order valence-electron chi connectivity index (χ3n) is 2.39. The predicted octanol–water partition coefficient (Wildman–Crippen LogP) is 2.64. The molecule has 0 aliphatic carbocycles. The van der Waals surface area contributed by atoms with Gasteiger partial charge in [-0.25, -0.2) is 0 Å². The number of hydrogen-bond acceptors (Lipinski definition) is 2. The van der Waals surface area contributed by atoms with Crippen molar-refractivity contribution in [3.05, 3.63) is 34.9 Å². The first kappa shape index (κ1) is 11.5. The minimum Gasteiger partial charge on any atom is -0.380 e. The molecule has 0 aliphatic heterocycles. The Bertz CT molecular complexity index is 290. The Balaban J connectivity index is 2.94. The molecule has 0 saturated carbocycles. The molecule has 0 aliphatic rings. The summed E-state index contributed by atoms with van der Waals surface area (Å²) in [5.74, 6) is 0. The quantitative estimate of drug-likeness (QED) is 0.831. The Morgan fingerprint density at radius 3 is 2.50 bits per heavy atom. The van der Waals surface area contributed by atoms with E-state index in [4.69, 9.17) is 16.3 Å². The van der Waals surface area contributed by atoms with Gasteiger partial charge in [-0.1, -0.05) is 29.8 Å². The van der Waals surface area contributed by atoms with Crippen molar-refractivity contribution < 1.29 is 4.74 Å². The van der Waals surface area contributed by atoms with Gasteiger partial charge in [0.25, 0.3) is 0 Å². The van der Waals surface area contributed by atoms with Crippen LogP contribution in [-0.2, 0) is 4.74 Å². The average molecular weight is 214 g/mol. The number of likely N-dealkylation sites (N-methyl/N-ethyl adjacent to an activating group) is 1. The molecule has 0 radical (unpaired) electrons. The molecule has 0 heterocycles. The molecule has 2 atom stereocenters. The molecule has 0 amide bonds. The van der Waals surface area contributed by atoms with Crippen molar-refractivity contribution >= 4 is 11.6 Å². The van der Waals surface area contributed by atoms with Crippen LogP contribution in [0.25, 0.3) is 0 Å². The Kier molecular flexibility index (Phi) is 4.39. The van der Waals surface area contributed by atoms with Crippen LogP contribution in [0.15, 0.2) is 24.3 Å². The maximum absolute atomic E-state index is 6.10. The summed E-state index contributed by atoms with van der Waals surface area (Å²) in [6.07, 6.45) is 0.0971. The van der Waals surface area contributed by atoms with Crippen LogP contribution in [0.4, 0.5) is 0 Å². The molecule has 0 spiro atoms. The van der Waals surface area contributed by atoms with E-state index in [2.05, 4.69) is 5.32 Å².